The summed E-state index contributed by atoms with van der Waals surface area (Å²) in [6, 6.07) is 0. The Hall–Kier alpha value is -3.67. The van der Waals surface area contributed by atoms with Gasteiger partial charge in [0, 0.05) is 19.3 Å². The second kappa shape index (κ2) is 52.0. The van der Waals surface area contributed by atoms with Crippen LogP contribution < -0.4 is 0 Å². The third kappa shape index (κ3) is 49.3. The van der Waals surface area contributed by atoms with E-state index in [1.54, 1.807) is 0 Å². The minimum Gasteiger partial charge on any atom is -0.462 e. The van der Waals surface area contributed by atoms with Gasteiger partial charge < -0.3 is 14.2 Å². The van der Waals surface area contributed by atoms with Crippen molar-refractivity contribution in [2.45, 2.75) is 239 Å². The zero-order valence-corrected chi connectivity index (χ0v) is 41.5. The van der Waals surface area contributed by atoms with E-state index in [9.17, 15) is 14.4 Å². The van der Waals surface area contributed by atoms with Crippen LogP contribution in [0.15, 0.2) is 97.2 Å². The van der Waals surface area contributed by atoms with Gasteiger partial charge in [-0.25, -0.2) is 0 Å². The molecular formula is C58H96O6. The van der Waals surface area contributed by atoms with E-state index in [0.29, 0.717) is 19.3 Å². The van der Waals surface area contributed by atoms with Gasteiger partial charge in [0.1, 0.15) is 13.2 Å². The van der Waals surface area contributed by atoms with Gasteiger partial charge >= 0.3 is 17.9 Å². The van der Waals surface area contributed by atoms with Crippen molar-refractivity contribution in [3.8, 4) is 0 Å². The van der Waals surface area contributed by atoms with Crippen LogP contribution in [0.3, 0.4) is 0 Å². The normalized spacial score (nSPS) is 12.9. The molecule has 0 bridgehead atoms. The molecular weight excluding hydrogens is 793 g/mol. The lowest BCUT2D eigenvalue weighted by atomic mass is 10.0. The molecule has 1 atom stereocenters. The van der Waals surface area contributed by atoms with Crippen molar-refractivity contribution in [2.75, 3.05) is 13.2 Å². The van der Waals surface area contributed by atoms with E-state index in [1.807, 2.05) is 6.08 Å². The molecule has 0 N–H and O–H groups in total. The average Bonchev–Trinajstić information content (AvgIpc) is 3.29. The van der Waals surface area contributed by atoms with Crippen LogP contribution in [0.5, 0.6) is 0 Å². The van der Waals surface area contributed by atoms with E-state index in [0.717, 1.165) is 70.6 Å². The lowest BCUT2D eigenvalue weighted by Crippen LogP contribution is -2.30. The Balaban J connectivity index is 4.55. The molecule has 0 amide bonds. The molecule has 0 spiro atoms. The summed E-state index contributed by atoms with van der Waals surface area (Å²) < 4.78 is 16.7. The molecule has 364 valence electrons. The fourth-order valence-electron chi connectivity index (χ4n) is 6.84. The number of ether oxygens (including phenoxy) is 3. The third-order valence-corrected chi connectivity index (χ3v) is 10.8. The molecule has 0 radical (unpaired) electrons. The van der Waals surface area contributed by atoms with Gasteiger partial charge in [0.05, 0.1) is 0 Å². The second-order valence-corrected chi connectivity index (χ2v) is 17.1. The van der Waals surface area contributed by atoms with E-state index >= 15 is 0 Å². The monoisotopic (exact) mass is 889 g/mol. The van der Waals surface area contributed by atoms with Crippen LogP contribution in [-0.2, 0) is 28.6 Å². The number of hydrogen-bond donors (Lipinski definition) is 0. The molecule has 0 aromatic carbocycles. The van der Waals surface area contributed by atoms with Crippen LogP contribution in [0.2, 0.25) is 0 Å². The van der Waals surface area contributed by atoms with Crippen LogP contribution in [0.25, 0.3) is 0 Å². The van der Waals surface area contributed by atoms with Crippen molar-refractivity contribution in [1.82, 2.24) is 0 Å². The molecule has 0 fully saturated rings. The summed E-state index contributed by atoms with van der Waals surface area (Å²) in [7, 11) is 0. The first-order chi connectivity index (χ1) is 31.5. The summed E-state index contributed by atoms with van der Waals surface area (Å²) in [6.45, 7) is 6.47. The van der Waals surface area contributed by atoms with E-state index in [-0.39, 0.29) is 44.0 Å². The SMILES string of the molecule is CCCCC/C=C\C/C=C\C/C=C\C/C=C\C/C=C\CCC(=O)OC[C@H](COC(=O)CCCCCCCCCCCCCC)OC(=O)CCCC/C=C\C/C=C\C/C=C\CCCCC. The molecule has 0 heterocycles. The fourth-order valence-corrected chi connectivity index (χ4v) is 6.84. The number of esters is 3. The first-order valence-corrected chi connectivity index (χ1v) is 26.2. The predicted molar refractivity (Wildman–Crippen MR) is 274 cm³/mol. The zero-order chi connectivity index (χ0) is 46.5. The standard InChI is InChI=1S/C58H96O6/c1-4-7-10-13-16-19-22-25-27-28-29-30-32-33-36-39-42-45-48-51-57(60)63-54-55(53-62-56(59)50-47-44-41-38-35-24-21-18-15-12-9-6-3)64-58(61)52-49-46-43-40-37-34-31-26-23-20-17-14-11-8-5-2/h16-17,19-20,25-27,29-31,33,36-37,40,42,45,55H,4-15,18,21-24,28,32,34-35,38-39,41,43-44,46-54H2,1-3H3/b19-16-,20-17-,27-25-,30-29-,31-26-,36-33-,40-37-,45-42-/t55-/m0/s1. The van der Waals surface area contributed by atoms with Gasteiger partial charge in [-0.15, -0.1) is 0 Å². The quantitative estimate of drug-likeness (QED) is 0.0262. The predicted octanol–water partition coefficient (Wildman–Crippen LogP) is 17.4. The van der Waals surface area contributed by atoms with Crippen LogP contribution in [0.4, 0.5) is 0 Å². The Labute approximate surface area is 394 Å². The van der Waals surface area contributed by atoms with Crippen LogP contribution in [0, 0.1) is 0 Å². The number of hydrogen-bond acceptors (Lipinski definition) is 6. The second-order valence-electron chi connectivity index (χ2n) is 17.1. The summed E-state index contributed by atoms with van der Waals surface area (Å²) in [6.07, 6.45) is 68.3. The van der Waals surface area contributed by atoms with Gasteiger partial charge in [-0.3, -0.25) is 14.4 Å². The number of rotatable bonds is 46. The van der Waals surface area contributed by atoms with Gasteiger partial charge in [-0.1, -0.05) is 214 Å². The fraction of sp³-hybridized carbons (Fsp3) is 0.672. The summed E-state index contributed by atoms with van der Waals surface area (Å²) >= 11 is 0. The maximum Gasteiger partial charge on any atom is 0.306 e. The smallest absolute Gasteiger partial charge is 0.306 e. The van der Waals surface area contributed by atoms with Gasteiger partial charge in [0.25, 0.3) is 0 Å². The Bertz CT molecular complexity index is 1300. The summed E-state index contributed by atoms with van der Waals surface area (Å²) in [5.74, 6) is -1.04. The molecule has 0 aliphatic rings. The maximum absolute atomic E-state index is 12.8. The lowest BCUT2D eigenvalue weighted by Gasteiger charge is -2.18. The molecule has 0 saturated heterocycles. The van der Waals surface area contributed by atoms with E-state index < -0.39 is 6.10 Å². The van der Waals surface area contributed by atoms with Crippen molar-refractivity contribution in [3.05, 3.63) is 97.2 Å². The zero-order valence-electron chi connectivity index (χ0n) is 41.5. The van der Waals surface area contributed by atoms with Crippen LogP contribution in [0.1, 0.15) is 233 Å². The van der Waals surface area contributed by atoms with Gasteiger partial charge in [-0.2, -0.15) is 0 Å². The van der Waals surface area contributed by atoms with Crippen molar-refractivity contribution in [3.63, 3.8) is 0 Å². The molecule has 6 heteroatoms. The molecule has 64 heavy (non-hydrogen) atoms. The molecule has 6 nitrogen and oxygen atoms in total. The van der Waals surface area contributed by atoms with Crippen molar-refractivity contribution in [1.29, 1.82) is 0 Å². The van der Waals surface area contributed by atoms with Gasteiger partial charge in [0.2, 0.25) is 0 Å². The van der Waals surface area contributed by atoms with Gasteiger partial charge in [0.15, 0.2) is 6.10 Å². The van der Waals surface area contributed by atoms with E-state index in [4.69, 9.17) is 14.2 Å². The molecule has 0 aromatic rings. The molecule has 0 saturated carbocycles. The van der Waals surface area contributed by atoms with E-state index in [1.165, 1.54) is 109 Å². The van der Waals surface area contributed by atoms with Crippen molar-refractivity contribution in [2.24, 2.45) is 0 Å². The summed E-state index contributed by atoms with van der Waals surface area (Å²) in [4.78, 5) is 37.9. The molecule has 0 aliphatic heterocycles. The van der Waals surface area contributed by atoms with Crippen LogP contribution in [-0.4, -0.2) is 37.2 Å². The van der Waals surface area contributed by atoms with Crippen LogP contribution >= 0.6 is 0 Å². The Kier molecular flexibility index (Phi) is 49.0. The van der Waals surface area contributed by atoms with E-state index in [2.05, 4.69) is 112 Å². The Morgan fingerprint density at radius 1 is 0.312 bits per heavy atom. The third-order valence-electron chi connectivity index (χ3n) is 10.8. The summed E-state index contributed by atoms with van der Waals surface area (Å²) in [5.41, 5.74) is 0. The number of carbonyl (C=O) groups excluding carboxylic acids is 3. The van der Waals surface area contributed by atoms with Crippen molar-refractivity contribution < 1.29 is 28.6 Å². The highest BCUT2D eigenvalue weighted by molar-refractivity contribution is 5.71. The molecule has 0 aromatic heterocycles. The largest absolute Gasteiger partial charge is 0.462 e. The minimum atomic E-state index is -0.826. The topological polar surface area (TPSA) is 78.9 Å². The van der Waals surface area contributed by atoms with Crippen molar-refractivity contribution >= 4 is 17.9 Å². The molecule has 0 rings (SSSR count). The average molecular weight is 889 g/mol. The highest BCUT2D eigenvalue weighted by atomic mass is 16.6. The minimum absolute atomic E-state index is 0.115. The maximum atomic E-state index is 12.8. The first kappa shape index (κ1) is 60.3. The highest BCUT2D eigenvalue weighted by Gasteiger charge is 2.19. The number of carbonyl (C=O) groups is 3. The molecule has 0 aliphatic carbocycles. The van der Waals surface area contributed by atoms with Gasteiger partial charge in [-0.05, 0) is 96.3 Å². The summed E-state index contributed by atoms with van der Waals surface area (Å²) in [5, 5.41) is 0. The first-order valence-electron chi connectivity index (χ1n) is 26.2. The lowest BCUT2D eigenvalue weighted by molar-refractivity contribution is -0.166. The number of allylic oxidation sites excluding steroid dienone is 16. The highest BCUT2D eigenvalue weighted by Crippen LogP contribution is 2.14. The molecule has 0 unspecified atom stereocenters. The Morgan fingerprint density at radius 3 is 1.00 bits per heavy atom. The number of unbranched alkanes of at least 4 members (excludes halogenated alkanes) is 19. The Morgan fingerprint density at radius 2 is 0.594 bits per heavy atom.